The molecule has 0 radical (unpaired) electrons. The van der Waals surface area contributed by atoms with E-state index in [0.29, 0.717) is 35.2 Å². The molecule has 4 rings (SSSR count). The first kappa shape index (κ1) is 21.5. The number of phenolic OH excluding ortho intramolecular Hbond substituents is 1. The van der Waals surface area contributed by atoms with Crippen LogP contribution in [-0.2, 0) is 15.1 Å². The summed E-state index contributed by atoms with van der Waals surface area (Å²) < 4.78 is 10.6. The van der Waals surface area contributed by atoms with E-state index in [4.69, 9.17) is 21.1 Å². The molecule has 2 aromatic rings. The number of rotatable bonds is 5. The molecule has 2 heterocycles. The van der Waals surface area contributed by atoms with E-state index in [1.165, 1.54) is 7.11 Å². The fourth-order valence-corrected chi connectivity index (χ4v) is 4.41. The second-order valence-corrected chi connectivity index (χ2v) is 8.19. The maximum absolute atomic E-state index is 12.7. The molecule has 2 aliphatic heterocycles. The maximum atomic E-state index is 12.7. The highest BCUT2D eigenvalue weighted by atomic mass is 35.5. The first-order valence-corrected chi connectivity index (χ1v) is 10.6. The number of hydrazine groups is 1. The molecule has 31 heavy (non-hydrogen) atoms. The Kier molecular flexibility index (Phi) is 5.83. The summed E-state index contributed by atoms with van der Waals surface area (Å²) in [5.74, 6) is -0.288. The lowest BCUT2D eigenvalue weighted by atomic mass is 9.86. The van der Waals surface area contributed by atoms with Gasteiger partial charge in [-0.05, 0) is 49.8 Å². The Hall–Kier alpha value is -2.74. The number of carbonyl (C=O) groups excluding carboxylic acids is 1. The standard InChI is InChI=1S/C23H26ClN3O4/c1-4-31-22(29)17-13-25-27-21(17)26-18(16-6-5-7-19(30-3)20(16)28)12-23(27,2)14-8-10-15(24)11-9-14/h5-12,17,21,25-26,28H,4,13H2,1-3H3. The van der Waals surface area contributed by atoms with Gasteiger partial charge in [0.05, 0.1) is 19.3 Å². The molecule has 7 nitrogen and oxygen atoms in total. The highest BCUT2D eigenvalue weighted by Gasteiger charge is 2.50. The number of fused-ring (bicyclic) bond motifs is 1. The Morgan fingerprint density at radius 3 is 2.71 bits per heavy atom. The van der Waals surface area contributed by atoms with Gasteiger partial charge in [0, 0.05) is 22.8 Å². The third kappa shape index (κ3) is 3.73. The molecule has 0 spiro atoms. The Bertz CT molecular complexity index is 1010. The normalized spacial score (nSPS) is 25.4. The molecule has 164 valence electrons. The van der Waals surface area contributed by atoms with Crippen molar-refractivity contribution in [1.29, 1.82) is 0 Å². The van der Waals surface area contributed by atoms with Crippen LogP contribution in [0.2, 0.25) is 5.02 Å². The molecule has 3 atom stereocenters. The third-order valence-corrected chi connectivity index (χ3v) is 6.15. The number of nitrogens with zero attached hydrogens (tertiary/aromatic N) is 1. The van der Waals surface area contributed by atoms with Gasteiger partial charge in [-0.1, -0.05) is 29.8 Å². The molecular weight excluding hydrogens is 418 g/mol. The van der Waals surface area contributed by atoms with Crippen LogP contribution in [0.5, 0.6) is 11.5 Å². The molecule has 2 aliphatic rings. The summed E-state index contributed by atoms with van der Waals surface area (Å²) in [6.07, 6.45) is 1.65. The van der Waals surface area contributed by atoms with Gasteiger partial charge in [0.25, 0.3) is 0 Å². The van der Waals surface area contributed by atoms with Crippen LogP contribution in [0, 0.1) is 5.92 Å². The molecule has 8 heteroatoms. The highest BCUT2D eigenvalue weighted by molar-refractivity contribution is 6.30. The summed E-state index contributed by atoms with van der Waals surface area (Å²) in [6.45, 7) is 4.60. The largest absolute Gasteiger partial charge is 0.504 e. The maximum Gasteiger partial charge on any atom is 0.313 e. The van der Waals surface area contributed by atoms with Gasteiger partial charge in [0.2, 0.25) is 0 Å². The van der Waals surface area contributed by atoms with E-state index in [9.17, 15) is 9.90 Å². The lowest BCUT2D eigenvalue weighted by molar-refractivity contribution is -0.149. The van der Waals surface area contributed by atoms with Gasteiger partial charge in [-0.2, -0.15) is 0 Å². The van der Waals surface area contributed by atoms with Gasteiger partial charge >= 0.3 is 5.97 Å². The van der Waals surface area contributed by atoms with Crippen LogP contribution >= 0.6 is 11.6 Å². The van der Waals surface area contributed by atoms with Crippen LogP contribution < -0.4 is 15.5 Å². The van der Waals surface area contributed by atoms with E-state index >= 15 is 0 Å². The van der Waals surface area contributed by atoms with Gasteiger partial charge in [0.15, 0.2) is 11.5 Å². The van der Waals surface area contributed by atoms with Crippen molar-refractivity contribution >= 4 is 23.3 Å². The van der Waals surface area contributed by atoms with Crippen molar-refractivity contribution in [1.82, 2.24) is 15.8 Å². The molecule has 2 aromatic carbocycles. The minimum atomic E-state index is -0.632. The molecule has 0 amide bonds. The number of aromatic hydroxyl groups is 1. The number of hydrogen-bond acceptors (Lipinski definition) is 7. The minimum absolute atomic E-state index is 0.0364. The van der Waals surface area contributed by atoms with Crippen LogP contribution in [0.3, 0.4) is 0 Å². The summed E-state index contributed by atoms with van der Waals surface area (Å²) in [7, 11) is 1.51. The van der Waals surface area contributed by atoms with E-state index in [1.807, 2.05) is 47.5 Å². The lowest BCUT2D eigenvalue weighted by Gasteiger charge is -2.46. The highest BCUT2D eigenvalue weighted by Crippen LogP contribution is 2.43. The molecule has 3 unspecified atom stereocenters. The van der Waals surface area contributed by atoms with Crippen LogP contribution in [-0.4, -0.2) is 42.5 Å². The van der Waals surface area contributed by atoms with Gasteiger partial charge in [-0.3, -0.25) is 10.2 Å². The summed E-state index contributed by atoms with van der Waals surface area (Å²) in [4.78, 5) is 12.7. The van der Waals surface area contributed by atoms with E-state index in [-0.39, 0.29) is 17.9 Å². The average molecular weight is 444 g/mol. The van der Waals surface area contributed by atoms with Crippen molar-refractivity contribution in [3.8, 4) is 11.5 Å². The lowest BCUT2D eigenvalue weighted by Crippen LogP contribution is -2.59. The number of hydrogen-bond donors (Lipinski definition) is 3. The number of para-hydroxylation sites is 1. The molecule has 0 bridgehead atoms. The predicted molar refractivity (Wildman–Crippen MR) is 118 cm³/mol. The van der Waals surface area contributed by atoms with Crippen LogP contribution in [0.25, 0.3) is 5.70 Å². The molecule has 0 aliphatic carbocycles. The Labute approximate surface area is 186 Å². The summed E-state index contributed by atoms with van der Waals surface area (Å²) in [5.41, 5.74) is 5.01. The van der Waals surface area contributed by atoms with Crippen molar-refractivity contribution in [2.24, 2.45) is 5.92 Å². The van der Waals surface area contributed by atoms with E-state index in [0.717, 1.165) is 5.56 Å². The smallest absolute Gasteiger partial charge is 0.313 e. The molecule has 0 aromatic heterocycles. The van der Waals surface area contributed by atoms with E-state index < -0.39 is 11.5 Å². The average Bonchev–Trinajstić information content (AvgIpc) is 3.19. The van der Waals surface area contributed by atoms with Gasteiger partial charge in [-0.25, -0.2) is 5.01 Å². The van der Waals surface area contributed by atoms with Crippen molar-refractivity contribution in [3.05, 3.63) is 64.7 Å². The molecular formula is C23H26ClN3O4. The fourth-order valence-electron chi connectivity index (χ4n) is 4.29. The van der Waals surface area contributed by atoms with Gasteiger partial charge in [0.1, 0.15) is 12.1 Å². The monoisotopic (exact) mass is 443 g/mol. The molecule has 1 fully saturated rings. The number of halogens is 1. The third-order valence-electron chi connectivity index (χ3n) is 5.90. The number of nitrogens with one attached hydrogen (secondary N) is 2. The number of esters is 1. The Morgan fingerprint density at radius 1 is 1.29 bits per heavy atom. The van der Waals surface area contributed by atoms with Crippen LogP contribution in [0.4, 0.5) is 0 Å². The zero-order valence-corrected chi connectivity index (χ0v) is 18.4. The first-order chi connectivity index (χ1) is 14.9. The second kappa shape index (κ2) is 8.42. The summed E-state index contributed by atoms with van der Waals surface area (Å²) in [5, 5.41) is 16.9. The van der Waals surface area contributed by atoms with Crippen LogP contribution in [0.15, 0.2) is 48.5 Å². The van der Waals surface area contributed by atoms with Crippen molar-refractivity contribution in [3.63, 3.8) is 0 Å². The number of methoxy groups -OCH3 is 1. The van der Waals surface area contributed by atoms with E-state index in [1.54, 1.807) is 13.0 Å². The van der Waals surface area contributed by atoms with Crippen molar-refractivity contribution in [2.75, 3.05) is 20.3 Å². The summed E-state index contributed by atoms with van der Waals surface area (Å²) in [6, 6.07) is 12.9. The van der Waals surface area contributed by atoms with Crippen LogP contribution in [0.1, 0.15) is 25.0 Å². The first-order valence-electron chi connectivity index (χ1n) is 10.2. The number of carbonyl (C=O) groups is 1. The fraction of sp³-hybridized carbons (Fsp3) is 0.348. The minimum Gasteiger partial charge on any atom is -0.504 e. The second-order valence-electron chi connectivity index (χ2n) is 7.75. The van der Waals surface area contributed by atoms with Crippen molar-refractivity contribution < 1.29 is 19.4 Å². The summed E-state index contributed by atoms with van der Waals surface area (Å²) >= 11 is 6.12. The zero-order chi connectivity index (χ0) is 22.2. The predicted octanol–water partition coefficient (Wildman–Crippen LogP) is 3.24. The number of ether oxygens (including phenoxy) is 2. The van der Waals surface area contributed by atoms with E-state index in [2.05, 4.69) is 17.7 Å². The SMILES string of the molecule is CCOC(=O)C1CNN2C1NC(c1cccc(OC)c1O)=CC2(C)c1ccc(Cl)cc1. The number of benzene rings is 2. The van der Waals surface area contributed by atoms with Crippen molar-refractivity contribution in [2.45, 2.75) is 25.6 Å². The number of phenols is 1. The Morgan fingerprint density at radius 2 is 2.03 bits per heavy atom. The zero-order valence-electron chi connectivity index (χ0n) is 17.7. The molecule has 3 N–H and O–H groups in total. The molecule has 0 saturated carbocycles. The topological polar surface area (TPSA) is 83.1 Å². The van der Waals surface area contributed by atoms with Gasteiger partial charge in [-0.15, -0.1) is 0 Å². The Balaban J connectivity index is 1.84. The quantitative estimate of drug-likeness (QED) is 0.612. The van der Waals surface area contributed by atoms with Gasteiger partial charge < -0.3 is 19.9 Å². The molecule has 1 saturated heterocycles.